The standard InChI is InChI=1S/C20H17N3.ClH/c1-12-17(13-3-2-4-15(21)9-13)7-5-14-11-23-19-10-16(22)6-8-18(19)20(12)14;/h2-11H,21-22H2,1H3;1H. The molecular formula is C20H18ClN3. The lowest BCUT2D eigenvalue weighted by atomic mass is 9.93. The minimum Gasteiger partial charge on any atom is -1.00 e. The lowest BCUT2D eigenvalue weighted by molar-refractivity contribution is -0.342. The minimum absolute atomic E-state index is 0. The summed E-state index contributed by atoms with van der Waals surface area (Å²) in [7, 11) is 0. The molecule has 0 bridgehead atoms. The number of nitrogens with two attached hydrogens (primary N) is 2. The fourth-order valence-corrected chi connectivity index (χ4v) is 3.28. The van der Waals surface area contributed by atoms with E-state index in [-0.39, 0.29) is 12.4 Å². The van der Waals surface area contributed by atoms with Crippen molar-refractivity contribution in [2.75, 3.05) is 11.5 Å². The molecular weight excluding hydrogens is 318 g/mol. The molecule has 3 nitrogen and oxygen atoms in total. The van der Waals surface area contributed by atoms with Crippen LogP contribution in [0.4, 0.5) is 11.4 Å². The summed E-state index contributed by atoms with van der Waals surface area (Å²) in [5.41, 5.74) is 18.0. The number of benzene rings is 3. The number of fused-ring (bicyclic) bond motifs is 3. The zero-order chi connectivity index (χ0) is 16.0. The molecule has 0 amide bonds. The molecule has 0 aliphatic carbocycles. The first-order valence-corrected chi connectivity index (χ1v) is 7.62. The van der Waals surface area contributed by atoms with Crippen molar-refractivity contribution in [3.8, 4) is 11.1 Å². The van der Waals surface area contributed by atoms with Gasteiger partial charge in [0.25, 0.3) is 0 Å². The monoisotopic (exact) mass is 335 g/mol. The number of hydrogen-bond acceptors (Lipinski definition) is 2. The SMILES string of the molecule is Cc1c(-c2cccc(N)c2)ccc2c[nH+]c3cc(N)ccc3c12.[Cl-]. The van der Waals surface area contributed by atoms with E-state index in [2.05, 4.69) is 36.2 Å². The number of halogens is 1. The first-order chi connectivity index (χ1) is 11.1. The molecule has 24 heavy (non-hydrogen) atoms. The van der Waals surface area contributed by atoms with E-state index in [4.69, 9.17) is 11.5 Å². The van der Waals surface area contributed by atoms with Gasteiger partial charge in [0.2, 0.25) is 5.52 Å². The van der Waals surface area contributed by atoms with E-state index >= 15 is 0 Å². The third kappa shape index (κ3) is 2.53. The quantitative estimate of drug-likeness (QED) is 0.402. The van der Waals surface area contributed by atoms with Crippen molar-refractivity contribution in [2.24, 2.45) is 0 Å². The Hall–Kier alpha value is -2.78. The molecule has 0 atom stereocenters. The second-order valence-corrected chi connectivity index (χ2v) is 5.92. The number of rotatable bonds is 1. The van der Waals surface area contributed by atoms with Crippen LogP contribution in [0.1, 0.15) is 5.56 Å². The highest BCUT2D eigenvalue weighted by molar-refractivity contribution is 6.08. The maximum absolute atomic E-state index is 5.95. The van der Waals surface area contributed by atoms with Crippen LogP contribution in [-0.2, 0) is 0 Å². The van der Waals surface area contributed by atoms with Crippen LogP contribution in [0.2, 0.25) is 0 Å². The van der Waals surface area contributed by atoms with E-state index in [0.29, 0.717) is 0 Å². The zero-order valence-electron chi connectivity index (χ0n) is 13.3. The molecule has 0 aliphatic rings. The molecule has 0 spiro atoms. The van der Waals surface area contributed by atoms with Crippen molar-refractivity contribution in [1.82, 2.24) is 0 Å². The molecule has 3 aromatic carbocycles. The smallest absolute Gasteiger partial charge is 0.213 e. The Morgan fingerprint density at radius 3 is 2.46 bits per heavy atom. The highest BCUT2D eigenvalue weighted by atomic mass is 35.5. The second-order valence-electron chi connectivity index (χ2n) is 5.92. The molecule has 4 heteroatoms. The van der Waals surface area contributed by atoms with Gasteiger partial charge in [0.1, 0.15) is 0 Å². The van der Waals surface area contributed by atoms with Gasteiger partial charge < -0.3 is 23.9 Å². The van der Waals surface area contributed by atoms with Gasteiger partial charge in [-0.25, -0.2) is 4.98 Å². The van der Waals surface area contributed by atoms with Crippen molar-refractivity contribution < 1.29 is 17.4 Å². The Morgan fingerprint density at radius 1 is 0.875 bits per heavy atom. The predicted octanol–water partition coefficient (Wildman–Crippen LogP) is 0.951. The van der Waals surface area contributed by atoms with Gasteiger partial charge in [-0.05, 0) is 53.9 Å². The van der Waals surface area contributed by atoms with Crippen LogP contribution in [-0.4, -0.2) is 0 Å². The van der Waals surface area contributed by atoms with Gasteiger partial charge in [0.05, 0.1) is 5.39 Å². The average molecular weight is 336 g/mol. The van der Waals surface area contributed by atoms with E-state index in [1.807, 2.05) is 36.5 Å². The van der Waals surface area contributed by atoms with Gasteiger partial charge in [0.15, 0.2) is 6.20 Å². The predicted molar refractivity (Wildman–Crippen MR) is 97.0 cm³/mol. The average Bonchev–Trinajstić information content (AvgIpc) is 2.54. The normalized spacial score (nSPS) is 10.7. The van der Waals surface area contributed by atoms with E-state index in [0.717, 1.165) is 22.5 Å². The Balaban J connectivity index is 0.00000169. The Bertz CT molecular complexity index is 1060. The maximum atomic E-state index is 5.95. The highest BCUT2D eigenvalue weighted by Crippen LogP contribution is 2.33. The number of pyridine rings is 1. The lowest BCUT2D eigenvalue weighted by Gasteiger charge is -2.11. The van der Waals surface area contributed by atoms with Crippen LogP contribution in [0.3, 0.4) is 0 Å². The van der Waals surface area contributed by atoms with Crippen LogP contribution >= 0.6 is 0 Å². The number of H-pyrrole nitrogens is 1. The van der Waals surface area contributed by atoms with Gasteiger partial charge >= 0.3 is 0 Å². The number of hydrogen-bond donors (Lipinski definition) is 2. The topological polar surface area (TPSA) is 66.2 Å². The molecule has 4 rings (SSSR count). The van der Waals surface area contributed by atoms with Crippen molar-refractivity contribution in [3.05, 3.63) is 66.4 Å². The number of aromatic amines is 1. The van der Waals surface area contributed by atoms with E-state index in [1.165, 1.54) is 27.3 Å². The molecule has 4 aromatic rings. The second kappa shape index (κ2) is 6.02. The first kappa shape index (κ1) is 16.1. The number of nitrogen functional groups attached to an aromatic ring is 2. The summed E-state index contributed by atoms with van der Waals surface area (Å²) in [5.74, 6) is 0. The Labute approximate surface area is 146 Å². The van der Waals surface area contributed by atoms with Crippen molar-refractivity contribution in [2.45, 2.75) is 6.92 Å². The summed E-state index contributed by atoms with van der Waals surface area (Å²) in [5, 5.41) is 3.62. The van der Waals surface area contributed by atoms with Crippen LogP contribution in [0.15, 0.2) is 60.8 Å². The zero-order valence-corrected chi connectivity index (χ0v) is 14.1. The van der Waals surface area contributed by atoms with Gasteiger partial charge in [-0.1, -0.05) is 18.2 Å². The summed E-state index contributed by atoms with van der Waals surface area (Å²) >= 11 is 0. The molecule has 0 unspecified atom stereocenters. The van der Waals surface area contributed by atoms with Crippen LogP contribution in [0.5, 0.6) is 0 Å². The summed E-state index contributed by atoms with van der Waals surface area (Å²) < 4.78 is 0. The summed E-state index contributed by atoms with van der Waals surface area (Å²) in [4.78, 5) is 3.33. The fourth-order valence-electron chi connectivity index (χ4n) is 3.28. The molecule has 0 aliphatic heterocycles. The van der Waals surface area contributed by atoms with E-state index < -0.39 is 0 Å². The van der Waals surface area contributed by atoms with Gasteiger partial charge in [0, 0.05) is 28.2 Å². The molecule has 0 fully saturated rings. The van der Waals surface area contributed by atoms with Gasteiger partial charge in [-0.2, -0.15) is 0 Å². The van der Waals surface area contributed by atoms with Crippen LogP contribution in [0.25, 0.3) is 32.8 Å². The summed E-state index contributed by atoms with van der Waals surface area (Å²) in [6.07, 6.45) is 2.03. The number of nitrogens with one attached hydrogen (secondary N) is 1. The molecule has 5 N–H and O–H groups in total. The minimum atomic E-state index is 0. The van der Waals surface area contributed by atoms with Gasteiger partial charge in [-0.15, -0.1) is 0 Å². The largest absolute Gasteiger partial charge is 1.00 e. The summed E-state index contributed by atoms with van der Waals surface area (Å²) in [6.45, 7) is 2.16. The van der Waals surface area contributed by atoms with Crippen LogP contribution < -0.4 is 28.9 Å². The van der Waals surface area contributed by atoms with Crippen LogP contribution in [0, 0.1) is 6.92 Å². The third-order valence-electron chi connectivity index (χ3n) is 4.39. The summed E-state index contributed by atoms with van der Waals surface area (Å²) in [6, 6.07) is 18.3. The molecule has 1 aromatic heterocycles. The molecule has 0 saturated carbocycles. The number of aryl methyl sites for hydroxylation is 1. The highest BCUT2D eigenvalue weighted by Gasteiger charge is 2.12. The Morgan fingerprint density at radius 2 is 1.67 bits per heavy atom. The first-order valence-electron chi connectivity index (χ1n) is 7.62. The molecule has 1 heterocycles. The lowest BCUT2D eigenvalue weighted by Crippen LogP contribution is -3.00. The Kier molecular flexibility index (Phi) is 4.04. The van der Waals surface area contributed by atoms with Gasteiger partial charge in [-0.3, -0.25) is 0 Å². The number of anilines is 2. The third-order valence-corrected chi connectivity index (χ3v) is 4.39. The molecule has 0 saturated heterocycles. The van der Waals surface area contributed by atoms with Crippen molar-refractivity contribution in [3.63, 3.8) is 0 Å². The van der Waals surface area contributed by atoms with E-state index in [1.54, 1.807) is 0 Å². The van der Waals surface area contributed by atoms with Crippen molar-refractivity contribution >= 4 is 33.1 Å². The van der Waals surface area contributed by atoms with Crippen molar-refractivity contribution in [1.29, 1.82) is 0 Å². The fraction of sp³-hybridized carbons (Fsp3) is 0.0500. The molecule has 120 valence electrons. The maximum Gasteiger partial charge on any atom is 0.213 e. The van der Waals surface area contributed by atoms with E-state index in [9.17, 15) is 0 Å². The molecule has 0 radical (unpaired) electrons. The number of aromatic nitrogens is 1.